The smallest absolute Gasteiger partial charge is 0.414 e. The van der Waals surface area contributed by atoms with Crippen LogP contribution in [-0.4, -0.2) is 101 Å². The average molecular weight is 827 g/mol. The number of rotatable bonds is 13. The lowest BCUT2D eigenvalue weighted by atomic mass is 10.00. The molecule has 3 aliphatic heterocycles. The number of hydrogen-bond acceptors (Lipinski definition) is 10. The van der Waals surface area contributed by atoms with E-state index in [4.69, 9.17) is 23.7 Å². The van der Waals surface area contributed by atoms with Gasteiger partial charge in [0.05, 0.1) is 43.8 Å². The number of fused-ring (bicyclic) bond motifs is 2. The first-order valence-electron chi connectivity index (χ1n) is 20.0. The molecule has 2 aromatic carbocycles. The van der Waals surface area contributed by atoms with Crippen LogP contribution in [0.15, 0.2) is 60.9 Å². The Morgan fingerprint density at radius 2 is 1.62 bits per heavy atom. The predicted octanol–water partition coefficient (Wildman–Crippen LogP) is 6.24. The van der Waals surface area contributed by atoms with Gasteiger partial charge < -0.3 is 53.5 Å². The summed E-state index contributed by atoms with van der Waals surface area (Å²) in [6.45, 7) is 1.06. The second kappa shape index (κ2) is 18.3. The first kappa shape index (κ1) is 41.8. The van der Waals surface area contributed by atoms with Crippen molar-refractivity contribution in [3.63, 3.8) is 0 Å². The molecule has 3 atom stereocenters. The molecule has 0 spiro atoms. The van der Waals surface area contributed by atoms with Crippen LogP contribution in [0.5, 0.6) is 11.5 Å². The highest BCUT2D eigenvalue weighted by molar-refractivity contribution is 6.06. The summed E-state index contributed by atoms with van der Waals surface area (Å²) in [4.78, 5) is 68.0. The molecule has 5 heterocycles. The molecule has 17 heteroatoms. The van der Waals surface area contributed by atoms with E-state index in [0.717, 1.165) is 41.7 Å². The second-order valence-corrected chi connectivity index (χ2v) is 15.0. The Labute approximate surface area is 347 Å². The van der Waals surface area contributed by atoms with Gasteiger partial charge in [-0.2, -0.15) is 0 Å². The van der Waals surface area contributed by atoms with E-state index in [0.29, 0.717) is 48.8 Å². The van der Waals surface area contributed by atoms with Crippen molar-refractivity contribution in [3.8, 4) is 22.6 Å². The minimum Gasteiger partial charge on any atom is -0.493 e. The number of anilines is 3. The SMILES string of the molecule is COC(=O)c1cc(-c2ccc(NC(=O)c3cc(NC(=O)CCCOc4cc5c(cc4OC)C(=O)N4CCCC[C@H]4[C@H](OC4CCCCO4)N5C(=O)O)cn3C)cc2)cn1C. The monoisotopic (exact) mass is 826 g/mol. The fraction of sp³-hybridized carbons (Fsp3) is 0.419. The third-order valence-corrected chi connectivity index (χ3v) is 11.0. The van der Waals surface area contributed by atoms with Crippen LogP contribution in [0.1, 0.15) is 82.7 Å². The van der Waals surface area contributed by atoms with Gasteiger partial charge in [0.1, 0.15) is 11.4 Å². The summed E-state index contributed by atoms with van der Waals surface area (Å²) >= 11 is 0. The fourth-order valence-electron chi connectivity index (χ4n) is 7.97. The molecular weight excluding hydrogens is 777 g/mol. The summed E-state index contributed by atoms with van der Waals surface area (Å²) in [6, 6.07) is 13.0. The Balaban J connectivity index is 0.968. The Hall–Kier alpha value is -6.33. The Morgan fingerprint density at radius 1 is 0.850 bits per heavy atom. The topological polar surface area (TPSA) is 192 Å². The number of benzene rings is 2. The molecule has 2 saturated heterocycles. The molecule has 2 aromatic heterocycles. The number of carboxylic acid groups (broad SMARTS) is 1. The second-order valence-electron chi connectivity index (χ2n) is 15.0. The van der Waals surface area contributed by atoms with Crippen LogP contribution in [0.4, 0.5) is 21.9 Å². The molecule has 3 N–H and O–H groups in total. The van der Waals surface area contributed by atoms with Crippen molar-refractivity contribution in [2.75, 3.05) is 49.5 Å². The molecule has 0 radical (unpaired) electrons. The summed E-state index contributed by atoms with van der Waals surface area (Å²) in [7, 11) is 6.23. The van der Waals surface area contributed by atoms with E-state index >= 15 is 0 Å². The molecule has 3 aliphatic rings. The van der Waals surface area contributed by atoms with Crippen LogP contribution < -0.4 is 25.0 Å². The maximum Gasteiger partial charge on any atom is 0.414 e. The number of aryl methyl sites for hydroxylation is 2. The van der Waals surface area contributed by atoms with Crippen LogP contribution in [-0.2, 0) is 33.1 Å². The summed E-state index contributed by atoms with van der Waals surface area (Å²) in [5.41, 5.74) is 3.70. The first-order chi connectivity index (χ1) is 28.9. The number of nitrogens with zero attached hydrogens (tertiary/aromatic N) is 4. The maximum absolute atomic E-state index is 14.0. The predicted molar refractivity (Wildman–Crippen MR) is 220 cm³/mol. The number of hydrogen-bond donors (Lipinski definition) is 3. The van der Waals surface area contributed by atoms with E-state index in [1.54, 1.807) is 58.6 Å². The van der Waals surface area contributed by atoms with E-state index in [2.05, 4.69) is 10.6 Å². The van der Waals surface area contributed by atoms with Gasteiger partial charge in [-0.05, 0) is 80.8 Å². The Kier molecular flexibility index (Phi) is 12.8. The van der Waals surface area contributed by atoms with Gasteiger partial charge in [0, 0.05) is 63.4 Å². The summed E-state index contributed by atoms with van der Waals surface area (Å²) in [5, 5.41) is 16.3. The Bertz CT molecular complexity index is 2240. The molecule has 0 bridgehead atoms. The molecule has 1 unspecified atom stereocenters. The highest BCUT2D eigenvalue weighted by atomic mass is 16.7. The molecule has 4 amide bonds. The van der Waals surface area contributed by atoms with Crippen molar-refractivity contribution in [2.24, 2.45) is 14.1 Å². The van der Waals surface area contributed by atoms with Gasteiger partial charge in [0.15, 0.2) is 24.0 Å². The molecule has 7 rings (SSSR count). The van der Waals surface area contributed by atoms with Gasteiger partial charge in [-0.15, -0.1) is 0 Å². The zero-order valence-corrected chi connectivity index (χ0v) is 34.1. The number of methoxy groups -OCH3 is 2. The maximum atomic E-state index is 14.0. The number of piperidine rings is 1. The van der Waals surface area contributed by atoms with Gasteiger partial charge in [0.2, 0.25) is 5.91 Å². The molecule has 0 aliphatic carbocycles. The lowest BCUT2D eigenvalue weighted by molar-refractivity contribution is -0.198. The van der Waals surface area contributed by atoms with E-state index in [9.17, 15) is 29.1 Å². The van der Waals surface area contributed by atoms with E-state index in [-0.39, 0.29) is 59.9 Å². The minimum atomic E-state index is -1.28. The molecular formula is C43H50N6O11. The standard InChI is InChI=1S/C43H50N6O11/c1-46-24-27(20-34(46)42(53)57-4)26-13-15-28(16-14-26)45-39(51)33-21-29(25-47(33)2)44-37(50)11-9-19-58-36-23-32-30(22-35(36)56-3)40(52)48-17-7-5-10-31(48)41(49(32)43(54)55)60-38-12-6-8-18-59-38/h13-16,20-25,31,38,41H,5-12,17-19H2,1-4H3,(H,44,50)(H,45,51)(H,54,55)/t31-,38?,41-/m0/s1. The van der Waals surface area contributed by atoms with Crippen molar-refractivity contribution >= 4 is 46.8 Å². The third-order valence-electron chi connectivity index (χ3n) is 11.0. The minimum absolute atomic E-state index is 0.0755. The number of esters is 1. The van der Waals surface area contributed by atoms with E-state index < -0.39 is 30.6 Å². The fourth-order valence-corrected chi connectivity index (χ4v) is 7.97. The van der Waals surface area contributed by atoms with Crippen molar-refractivity contribution in [1.29, 1.82) is 0 Å². The molecule has 2 fully saturated rings. The number of amides is 4. The largest absolute Gasteiger partial charge is 0.493 e. The molecule has 17 nitrogen and oxygen atoms in total. The highest BCUT2D eigenvalue weighted by Gasteiger charge is 2.46. The van der Waals surface area contributed by atoms with Crippen LogP contribution in [0.25, 0.3) is 11.1 Å². The first-order valence-corrected chi connectivity index (χ1v) is 20.0. The molecule has 60 heavy (non-hydrogen) atoms. The van der Waals surface area contributed by atoms with E-state index in [1.165, 1.54) is 26.4 Å². The lowest BCUT2D eigenvalue weighted by Gasteiger charge is -2.42. The zero-order chi connectivity index (χ0) is 42.5. The van der Waals surface area contributed by atoms with Crippen LogP contribution >= 0.6 is 0 Å². The van der Waals surface area contributed by atoms with E-state index in [1.807, 2.05) is 18.3 Å². The van der Waals surface area contributed by atoms with Crippen molar-refractivity contribution in [2.45, 2.75) is 69.9 Å². The number of aromatic nitrogens is 2. The molecule has 4 aromatic rings. The third kappa shape index (κ3) is 8.96. The van der Waals surface area contributed by atoms with Gasteiger partial charge in [-0.25, -0.2) is 14.5 Å². The van der Waals surface area contributed by atoms with Crippen LogP contribution in [0.2, 0.25) is 0 Å². The van der Waals surface area contributed by atoms with Gasteiger partial charge in [0.25, 0.3) is 11.8 Å². The summed E-state index contributed by atoms with van der Waals surface area (Å²) < 4.78 is 32.0. The molecule has 0 saturated carbocycles. The van der Waals surface area contributed by atoms with Gasteiger partial charge >= 0.3 is 12.1 Å². The van der Waals surface area contributed by atoms with Crippen molar-refractivity contribution < 1.29 is 52.8 Å². The quantitative estimate of drug-likeness (QED) is 0.102. The summed E-state index contributed by atoms with van der Waals surface area (Å²) in [5.74, 6) is -0.964. The van der Waals surface area contributed by atoms with Crippen LogP contribution in [0, 0.1) is 0 Å². The zero-order valence-electron chi connectivity index (χ0n) is 34.1. The van der Waals surface area contributed by atoms with Crippen LogP contribution in [0.3, 0.4) is 0 Å². The number of nitrogens with one attached hydrogen (secondary N) is 2. The molecule has 318 valence electrons. The highest BCUT2D eigenvalue weighted by Crippen LogP contribution is 2.42. The van der Waals surface area contributed by atoms with Gasteiger partial charge in [-0.3, -0.25) is 14.4 Å². The lowest BCUT2D eigenvalue weighted by Crippen LogP contribution is -2.57. The number of ether oxygens (including phenoxy) is 5. The Morgan fingerprint density at radius 3 is 2.33 bits per heavy atom. The number of carbonyl (C=O) groups is 5. The van der Waals surface area contributed by atoms with Crippen molar-refractivity contribution in [1.82, 2.24) is 14.0 Å². The summed E-state index contributed by atoms with van der Waals surface area (Å²) in [6.07, 6.45) is 5.56. The van der Waals surface area contributed by atoms with Crippen molar-refractivity contribution in [3.05, 3.63) is 77.9 Å². The van der Waals surface area contributed by atoms with Gasteiger partial charge in [-0.1, -0.05) is 12.1 Å². The normalized spacial score (nSPS) is 18.8. The average Bonchev–Trinajstić information content (AvgIpc) is 3.80. The number of carbonyl (C=O) groups excluding carboxylic acids is 4.